The lowest BCUT2D eigenvalue weighted by atomic mass is 10.2. The summed E-state index contributed by atoms with van der Waals surface area (Å²) in [7, 11) is 0. The molecule has 5 heteroatoms. The molecule has 2 nitrogen and oxygen atoms in total. The van der Waals surface area contributed by atoms with E-state index in [1.807, 2.05) is 11.0 Å². The molecule has 106 valence electrons. The van der Waals surface area contributed by atoms with E-state index in [9.17, 15) is 4.79 Å². The van der Waals surface area contributed by atoms with E-state index in [4.69, 9.17) is 0 Å². The average Bonchev–Trinajstić information content (AvgIpc) is 2.38. The van der Waals surface area contributed by atoms with E-state index in [1.165, 1.54) is 12.8 Å². The topological polar surface area (TPSA) is 20.3 Å². The quantitative estimate of drug-likeness (QED) is 0.253. The molecule has 1 aromatic rings. The van der Waals surface area contributed by atoms with E-state index in [1.54, 1.807) is 0 Å². The van der Waals surface area contributed by atoms with Crippen LogP contribution in [-0.4, -0.2) is 23.9 Å². The molecule has 0 unspecified atom stereocenters. The normalized spacial score (nSPS) is 10.6. The molecule has 1 rings (SSSR count). The fourth-order valence-corrected chi connectivity index (χ4v) is 4.22. The van der Waals surface area contributed by atoms with Gasteiger partial charge in [0, 0.05) is 23.8 Å². The molecule has 0 aliphatic rings. The second-order valence-corrected chi connectivity index (χ2v) is 7.83. The number of hydrogen-bond acceptors (Lipinski definition) is 1. The zero-order chi connectivity index (χ0) is 14.4. The Kier molecular flexibility index (Phi) is 8.50. The Morgan fingerprint density at radius 3 is 2.42 bits per heavy atom. The van der Waals surface area contributed by atoms with E-state index in [-0.39, 0.29) is 5.91 Å². The summed E-state index contributed by atoms with van der Waals surface area (Å²) in [5.41, 5.74) is 0.843. The van der Waals surface area contributed by atoms with Crippen molar-refractivity contribution >= 4 is 73.7 Å². The van der Waals surface area contributed by atoms with Gasteiger partial charge in [-0.2, -0.15) is 0 Å². The number of carbonyl (C=O) groups is 1. The van der Waals surface area contributed by atoms with Gasteiger partial charge in [-0.15, -0.1) is 0 Å². The Balaban J connectivity index is 2.91. The second-order valence-electron chi connectivity index (χ2n) is 4.34. The highest BCUT2D eigenvalue weighted by atomic mass is 127. The monoisotopic (exact) mass is 597 g/mol. The van der Waals surface area contributed by atoms with Crippen LogP contribution < -0.4 is 0 Å². The fourth-order valence-electron chi connectivity index (χ4n) is 1.84. The number of benzene rings is 1. The zero-order valence-electron chi connectivity index (χ0n) is 11.2. The number of nitrogens with zero attached hydrogens (tertiary/aromatic N) is 1. The Morgan fingerprint density at radius 2 is 1.84 bits per heavy atom. The van der Waals surface area contributed by atoms with Crippen LogP contribution in [0.3, 0.4) is 0 Å². The average molecular weight is 597 g/mol. The van der Waals surface area contributed by atoms with Gasteiger partial charge in [0.05, 0.1) is 5.56 Å². The van der Waals surface area contributed by atoms with Gasteiger partial charge in [0.15, 0.2) is 0 Å². The largest absolute Gasteiger partial charge is 0.339 e. The molecule has 19 heavy (non-hydrogen) atoms. The first-order valence-corrected chi connectivity index (χ1v) is 9.68. The maximum absolute atomic E-state index is 12.6. The minimum absolute atomic E-state index is 0.166. The van der Waals surface area contributed by atoms with Crippen molar-refractivity contribution in [2.24, 2.45) is 0 Å². The predicted molar refractivity (Wildman–Crippen MR) is 106 cm³/mol. The fraction of sp³-hybridized carbons (Fsp3) is 0.500. The van der Waals surface area contributed by atoms with E-state index in [0.717, 1.165) is 35.8 Å². The van der Waals surface area contributed by atoms with Crippen LogP contribution in [0.4, 0.5) is 0 Å². The maximum Gasteiger partial charge on any atom is 0.254 e. The number of rotatable bonds is 6. The van der Waals surface area contributed by atoms with Gasteiger partial charge < -0.3 is 4.90 Å². The summed E-state index contributed by atoms with van der Waals surface area (Å²) in [6.07, 6.45) is 3.46. The lowest BCUT2D eigenvalue weighted by molar-refractivity contribution is 0.0760. The van der Waals surface area contributed by atoms with Crippen LogP contribution in [0.15, 0.2) is 12.1 Å². The first-order valence-electron chi connectivity index (χ1n) is 6.45. The van der Waals surface area contributed by atoms with Crippen LogP contribution in [0.5, 0.6) is 0 Å². The molecule has 0 saturated heterocycles. The Labute approximate surface area is 156 Å². The molecular formula is C14H18I3NO. The van der Waals surface area contributed by atoms with Gasteiger partial charge in [0.25, 0.3) is 5.91 Å². The highest BCUT2D eigenvalue weighted by Gasteiger charge is 2.18. The summed E-state index contributed by atoms with van der Waals surface area (Å²) in [4.78, 5) is 14.6. The van der Waals surface area contributed by atoms with Crippen molar-refractivity contribution in [2.45, 2.75) is 33.1 Å². The van der Waals surface area contributed by atoms with Gasteiger partial charge in [-0.1, -0.05) is 19.8 Å². The lowest BCUT2D eigenvalue weighted by Gasteiger charge is -2.22. The number of unbranched alkanes of at least 4 members (excludes halogenated alkanes) is 2. The molecule has 0 bridgehead atoms. The molecule has 1 aromatic carbocycles. The molecule has 0 aliphatic heterocycles. The standard InChI is InChI=1S/C14H18I3NO/c1-3-5-6-7-18(4-2)14(19)11-8-10(15)9-12(16)13(11)17/h8-9H,3-7H2,1-2H3. The minimum Gasteiger partial charge on any atom is -0.339 e. The summed E-state index contributed by atoms with van der Waals surface area (Å²) in [5, 5.41) is 0. The Hall–Kier alpha value is 0.880. The van der Waals surface area contributed by atoms with E-state index in [0.29, 0.717) is 0 Å². The van der Waals surface area contributed by atoms with E-state index in [2.05, 4.69) is 87.7 Å². The summed E-state index contributed by atoms with van der Waals surface area (Å²) in [6, 6.07) is 4.10. The van der Waals surface area contributed by atoms with Gasteiger partial charge in [-0.3, -0.25) is 4.79 Å². The van der Waals surface area contributed by atoms with Gasteiger partial charge >= 0.3 is 0 Å². The minimum atomic E-state index is 0.166. The summed E-state index contributed by atoms with van der Waals surface area (Å²) < 4.78 is 3.34. The predicted octanol–water partition coefficient (Wildman–Crippen LogP) is 5.15. The van der Waals surface area contributed by atoms with Crippen LogP contribution in [0.25, 0.3) is 0 Å². The van der Waals surface area contributed by atoms with E-state index < -0.39 is 0 Å². The summed E-state index contributed by atoms with van der Waals surface area (Å²) in [6.45, 7) is 5.88. The smallest absolute Gasteiger partial charge is 0.254 e. The van der Waals surface area contributed by atoms with Gasteiger partial charge in [0.1, 0.15) is 0 Å². The van der Waals surface area contributed by atoms with Crippen LogP contribution >= 0.6 is 67.8 Å². The molecule has 0 N–H and O–H groups in total. The van der Waals surface area contributed by atoms with Crippen LogP contribution in [0, 0.1) is 10.7 Å². The molecule has 0 atom stereocenters. The molecule has 1 amide bonds. The van der Waals surface area contributed by atoms with Crippen molar-refractivity contribution in [3.63, 3.8) is 0 Å². The lowest BCUT2D eigenvalue weighted by Crippen LogP contribution is -2.32. The van der Waals surface area contributed by atoms with Crippen LogP contribution in [0.1, 0.15) is 43.5 Å². The Morgan fingerprint density at radius 1 is 1.16 bits per heavy atom. The molecule has 0 fully saturated rings. The molecule has 0 aromatic heterocycles. The number of hydrogen-bond donors (Lipinski definition) is 0. The summed E-state index contributed by atoms with van der Waals surface area (Å²) in [5.74, 6) is 0.166. The number of amides is 1. The van der Waals surface area contributed by atoms with Crippen LogP contribution in [0.2, 0.25) is 0 Å². The summed E-state index contributed by atoms with van der Waals surface area (Å²) >= 11 is 6.84. The van der Waals surface area contributed by atoms with Crippen molar-refractivity contribution in [2.75, 3.05) is 13.1 Å². The molecular weight excluding hydrogens is 579 g/mol. The maximum atomic E-state index is 12.6. The second kappa shape index (κ2) is 9.01. The van der Waals surface area contributed by atoms with Crippen molar-refractivity contribution in [3.8, 4) is 0 Å². The van der Waals surface area contributed by atoms with Gasteiger partial charge in [-0.25, -0.2) is 0 Å². The van der Waals surface area contributed by atoms with E-state index >= 15 is 0 Å². The first kappa shape index (κ1) is 17.9. The first-order chi connectivity index (χ1) is 9.01. The van der Waals surface area contributed by atoms with Gasteiger partial charge in [0.2, 0.25) is 0 Å². The van der Waals surface area contributed by atoms with Crippen LogP contribution in [-0.2, 0) is 0 Å². The third-order valence-electron chi connectivity index (χ3n) is 2.92. The molecule has 0 aliphatic carbocycles. The number of halogens is 3. The van der Waals surface area contributed by atoms with Crippen molar-refractivity contribution in [3.05, 3.63) is 28.4 Å². The van der Waals surface area contributed by atoms with Gasteiger partial charge in [-0.05, 0) is 93.2 Å². The Bertz CT molecular complexity index is 449. The number of carbonyl (C=O) groups excluding carboxylic acids is 1. The third kappa shape index (κ3) is 5.29. The van der Waals surface area contributed by atoms with Crippen molar-refractivity contribution < 1.29 is 4.79 Å². The zero-order valence-corrected chi connectivity index (χ0v) is 17.7. The van der Waals surface area contributed by atoms with Crippen molar-refractivity contribution in [1.82, 2.24) is 4.90 Å². The van der Waals surface area contributed by atoms with Crippen molar-refractivity contribution in [1.29, 1.82) is 0 Å². The molecule has 0 heterocycles. The third-order valence-corrected chi connectivity index (χ3v) is 6.59. The molecule has 0 saturated carbocycles. The highest BCUT2D eigenvalue weighted by molar-refractivity contribution is 14.1. The highest BCUT2D eigenvalue weighted by Crippen LogP contribution is 2.24. The molecule has 0 spiro atoms. The molecule has 0 radical (unpaired) electrons. The SMILES string of the molecule is CCCCCN(CC)C(=O)c1cc(I)cc(I)c1I.